The molecule has 2 rings (SSSR count). The van der Waals surface area contributed by atoms with Crippen molar-refractivity contribution in [1.29, 1.82) is 0 Å². The number of amides is 1. The van der Waals surface area contributed by atoms with Gasteiger partial charge in [0.1, 0.15) is 5.02 Å². The van der Waals surface area contributed by atoms with E-state index in [9.17, 15) is 14.9 Å². The fraction of sp³-hybridized carbons (Fsp3) is 0.188. The van der Waals surface area contributed by atoms with E-state index >= 15 is 0 Å². The summed E-state index contributed by atoms with van der Waals surface area (Å²) in [5.74, 6) is -0.513. The second kappa shape index (κ2) is 7.04. The van der Waals surface area contributed by atoms with E-state index in [1.54, 1.807) is 6.07 Å². The zero-order valence-electron chi connectivity index (χ0n) is 12.0. The molecule has 0 saturated heterocycles. The van der Waals surface area contributed by atoms with E-state index in [-0.39, 0.29) is 22.5 Å². The molecule has 1 atom stereocenters. The van der Waals surface area contributed by atoms with Crippen LogP contribution in [0.15, 0.2) is 48.5 Å². The fourth-order valence-corrected chi connectivity index (χ4v) is 2.40. The second-order valence-corrected chi connectivity index (χ2v) is 5.19. The normalized spacial score (nSPS) is 11.7. The lowest BCUT2D eigenvalue weighted by molar-refractivity contribution is -0.384. The molecule has 2 aromatic rings. The summed E-state index contributed by atoms with van der Waals surface area (Å²) in [6, 6.07) is 13.6. The van der Waals surface area contributed by atoms with Gasteiger partial charge in [-0.25, -0.2) is 0 Å². The van der Waals surface area contributed by atoms with Crippen LogP contribution in [0.4, 0.5) is 11.4 Å². The Balaban J connectivity index is 2.21. The highest BCUT2D eigenvalue weighted by atomic mass is 35.5. The monoisotopic (exact) mass is 318 g/mol. The van der Waals surface area contributed by atoms with Crippen molar-refractivity contribution in [1.82, 2.24) is 0 Å². The molecule has 0 unspecified atom stereocenters. The molecule has 0 aliphatic rings. The van der Waals surface area contributed by atoms with E-state index in [4.69, 9.17) is 11.6 Å². The number of nitro benzene ring substituents is 1. The van der Waals surface area contributed by atoms with E-state index in [0.717, 1.165) is 5.56 Å². The van der Waals surface area contributed by atoms with Crippen molar-refractivity contribution in [2.45, 2.75) is 19.3 Å². The molecule has 22 heavy (non-hydrogen) atoms. The molecule has 0 aliphatic heterocycles. The maximum absolute atomic E-state index is 12.4. The summed E-state index contributed by atoms with van der Waals surface area (Å²) in [4.78, 5) is 22.7. The quantitative estimate of drug-likeness (QED) is 0.656. The highest BCUT2D eigenvalue weighted by Crippen LogP contribution is 2.28. The van der Waals surface area contributed by atoms with Gasteiger partial charge in [-0.3, -0.25) is 14.9 Å². The van der Waals surface area contributed by atoms with Crippen molar-refractivity contribution in [2.75, 3.05) is 5.32 Å². The van der Waals surface area contributed by atoms with Gasteiger partial charge in [0.2, 0.25) is 5.91 Å². The van der Waals surface area contributed by atoms with Gasteiger partial charge in [-0.05, 0) is 24.1 Å². The Morgan fingerprint density at radius 1 is 1.27 bits per heavy atom. The van der Waals surface area contributed by atoms with Gasteiger partial charge in [0.15, 0.2) is 0 Å². The van der Waals surface area contributed by atoms with Crippen molar-refractivity contribution in [3.63, 3.8) is 0 Å². The average Bonchev–Trinajstić information content (AvgIpc) is 2.51. The number of hydrogen-bond acceptors (Lipinski definition) is 3. The van der Waals surface area contributed by atoms with Crippen LogP contribution in [0, 0.1) is 10.1 Å². The van der Waals surface area contributed by atoms with E-state index < -0.39 is 4.92 Å². The van der Waals surface area contributed by atoms with E-state index in [1.807, 2.05) is 37.3 Å². The van der Waals surface area contributed by atoms with Crippen molar-refractivity contribution < 1.29 is 9.72 Å². The highest BCUT2D eigenvalue weighted by Gasteiger charge is 2.20. The first-order valence-corrected chi connectivity index (χ1v) is 7.20. The molecular weight excluding hydrogens is 304 g/mol. The topological polar surface area (TPSA) is 72.2 Å². The predicted molar refractivity (Wildman–Crippen MR) is 86.2 cm³/mol. The van der Waals surface area contributed by atoms with Crippen LogP contribution in [0.5, 0.6) is 0 Å². The number of carbonyl (C=O) groups is 1. The second-order valence-electron chi connectivity index (χ2n) is 4.78. The van der Waals surface area contributed by atoms with Gasteiger partial charge in [0, 0.05) is 11.8 Å². The molecule has 0 radical (unpaired) electrons. The molecule has 0 bridgehead atoms. The van der Waals surface area contributed by atoms with Gasteiger partial charge in [-0.2, -0.15) is 0 Å². The minimum atomic E-state index is -0.577. The van der Waals surface area contributed by atoms with Crippen LogP contribution in [0.25, 0.3) is 0 Å². The lowest BCUT2D eigenvalue weighted by Crippen LogP contribution is -2.20. The third-order valence-electron chi connectivity index (χ3n) is 3.34. The summed E-state index contributed by atoms with van der Waals surface area (Å²) in [7, 11) is 0. The molecule has 0 spiro atoms. The standard InChI is InChI=1S/C16H15ClN2O3/c1-2-13(11-6-4-3-5-7-11)16(20)18-12-8-9-14(17)15(10-12)19(21)22/h3-10,13H,2H2,1H3,(H,18,20)/t13-/m0/s1. The van der Waals surface area contributed by atoms with Crippen LogP contribution in [0.2, 0.25) is 5.02 Å². The molecule has 1 N–H and O–H groups in total. The van der Waals surface area contributed by atoms with E-state index in [1.165, 1.54) is 12.1 Å². The number of carbonyl (C=O) groups excluding carboxylic acids is 1. The molecule has 0 saturated carbocycles. The van der Waals surface area contributed by atoms with E-state index in [2.05, 4.69) is 5.32 Å². The number of rotatable bonds is 5. The lowest BCUT2D eigenvalue weighted by Gasteiger charge is -2.15. The van der Waals surface area contributed by atoms with Crippen LogP contribution in [-0.2, 0) is 4.79 Å². The van der Waals surface area contributed by atoms with Gasteiger partial charge in [-0.15, -0.1) is 0 Å². The van der Waals surface area contributed by atoms with Gasteiger partial charge in [0.25, 0.3) is 5.69 Å². The summed E-state index contributed by atoms with van der Waals surface area (Å²) >= 11 is 5.76. The lowest BCUT2D eigenvalue weighted by atomic mass is 9.95. The van der Waals surface area contributed by atoms with Gasteiger partial charge in [0.05, 0.1) is 10.8 Å². The maximum Gasteiger partial charge on any atom is 0.289 e. The Hall–Kier alpha value is -2.40. The Morgan fingerprint density at radius 3 is 2.55 bits per heavy atom. The summed E-state index contributed by atoms with van der Waals surface area (Å²) in [5.41, 5.74) is 1.04. The van der Waals surface area contributed by atoms with Crippen molar-refractivity contribution in [3.8, 4) is 0 Å². The number of hydrogen-bond donors (Lipinski definition) is 1. The molecular formula is C16H15ClN2O3. The summed E-state index contributed by atoms with van der Waals surface area (Å²) in [6.45, 7) is 1.92. The summed E-state index contributed by atoms with van der Waals surface area (Å²) < 4.78 is 0. The van der Waals surface area contributed by atoms with Gasteiger partial charge < -0.3 is 5.32 Å². The number of nitrogens with one attached hydrogen (secondary N) is 1. The molecule has 0 heterocycles. The van der Waals surface area contributed by atoms with Crippen LogP contribution in [0.1, 0.15) is 24.8 Å². The first-order valence-electron chi connectivity index (χ1n) is 6.82. The average molecular weight is 319 g/mol. The number of nitrogens with zero attached hydrogens (tertiary/aromatic N) is 1. The van der Waals surface area contributed by atoms with Crippen molar-refractivity contribution in [3.05, 3.63) is 69.2 Å². The number of anilines is 1. The molecule has 2 aromatic carbocycles. The van der Waals surface area contributed by atoms with Crippen LogP contribution >= 0.6 is 11.6 Å². The van der Waals surface area contributed by atoms with Crippen molar-refractivity contribution in [2.24, 2.45) is 0 Å². The SMILES string of the molecule is CC[C@H](C(=O)Nc1ccc(Cl)c([N+](=O)[O-])c1)c1ccccc1. The number of halogens is 1. The Morgan fingerprint density at radius 2 is 1.95 bits per heavy atom. The minimum absolute atomic E-state index is 0.0399. The molecule has 114 valence electrons. The summed E-state index contributed by atoms with van der Waals surface area (Å²) in [6.07, 6.45) is 0.630. The zero-order valence-corrected chi connectivity index (χ0v) is 12.7. The van der Waals surface area contributed by atoms with Gasteiger partial charge in [-0.1, -0.05) is 48.9 Å². The van der Waals surface area contributed by atoms with E-state index in [0.29, 0.717) is 12.1 Å². The first-order chi connectivity index (χ1) is 10.5. The van der Waals surface area contributed by atoms with Crippen LogP contribution in [-0.4, -0.2) is 10.8 Å². The molecule has 0 aromatic heterocycles. The molecule has 0 aliphatic carbocycles. The Bertz CT molecular complexity index is 689. The third-order valence-corrected chi connectivity index (χ3v) is 3.66. The molecule has 5 nitrogen and oxygen atoms in total. The smallest absolute Gasteiger partial charge is 0.289 e. The largest absolute Gasteiger partial charge is 0.325 e. The molecule has 6 heteroatoms. The minimum Gasteiger partial charge on any atom is -0.325 e. The van der Waals surface area contributed by atoms with Gasteiger partial charge >= 0.3 is 0 Å². The summed E-state index contributed by atoms with van der Waals surface area (Å²) in [5, 5.41) is 13.6. The first kappa shape index (κ1) is 16.0. The highest BCUT2D eigenvalue weighted by molar-refractivity contribution is 6.32. The third kappa shape index (κ3) is 3.62. The van der Waals surface area contributed by atoms with Crippen molar-refractivity contribution >= 4 is 28.9 Å². The Kier molecular flexibility index (Phi) is 5.12. The fourth-order valence-electron chi connectivity index (χ4n) is 2.22. The van der Waals surface area contributed by atoms with Crippen LogP contribution in [0.3, 0.4) is 0 Å². The molecule has 1 amide bonds. The Labute approximate surface area is 133 Å². The number of benzene rings is 2. The number of nitro groups is 1. The zero-order chi connectivity index (χ0) is 16.1. The molecule has 0 fully saturated rings. The predicted octanol–water partition coefficient (Wildman–Crippen LogP) is 4.38. The maximum atomic E-state index is 12.4. The van der Waals surface area contributed by atoms with Crippen LogP contribution < -0.4 is 5.32 Å².